The van der Waals surface area contributed by atoms with E-state index in [-0.39, 0.29) is 29.6 Å². The van der Waals surface area contributed by atoms with Crippen molar-refractivity contribution >= 4 is 17.6 Å². The van der Waals surface area contributed by atoms with Gasteiger partial charge in [-0.3, -0.25) is 15.0 Å². The van der Waals surface area contributed by atoms with Gasteiger partial charge < -0.3 is 30.6 Å². The van der Waals surface area contributed by atoms with Crippen LogP contribution in [-0.4, -0.2) is 46.5 Å². The molecular formula is C31H46N4O5. The van der Waals surface area contributed by atoms with Gasteiger partial charge in [-0.05, 0) is 83.4 Å². The molecule has 1 atom stereocenters. The fourth-order valence-electron chi connectivity index (χ4n) is 4.57. The Bertz CT molecular complexity index is 1130. The van der Waals surface area contributed by atoms with E-state index in [1.165, 1.54) is 0 Å². The Morgan fingerprint density at radius 1 is 0.900 bits per heavy atom. The SMILES string of the molecule is CCCCC(Oc1ccc(C(=N)N)cc1)Oc1ccc(C(=O)N(C(C)C)C(C)C)c(OC(CC)(CC)C(N)=O)c1. The second-order valence-electron chi connectivity index (χ2n) is 10.5. The van der Waals surface area contributed by atoms with Crippen LogP contribution < -0.4 is 25.7 Å². The van der Waals surface area contributed by atoms with Gasteiger partial charge >= 0.3 is 0 Å². The van der Waals surface area contributed by atoms with E-state index in [2.05, 4.69) is 6.92 Å². The van der Waals surface area contributed by atoms with Crippen LogP contribution in [0.2, 0.25) is 0 Å². The molecule has 2 rings (SSSR count). The Kier molecular flexibility index (Phi) is 11.8. The van der Waals surface area contributed by atoms with Gasteiger partial charge in [0.2, 0.25) is 6.29 Å². The number of hydrogen-bond donors (Lipinski definition) is 3. The largest absolute Gasteiger partial charge is 0.476 e. The van der Waals surface area contributed by atoms with Crippen LogP contribution in [0.1, 0.15) is 96.5 Å². The first-order chi connectivity index (χ1) is 18.9. The van der Waals surface area contributed by atoms with Gasteiger partial charge in [0.15, 0.2) is 5.60 Å². The molecular weight excluding hydrogens is 508 g/mol. The highest BCUT2D eigenvalue weighted by atomic mass is 16.7. The Labute approximate surface area is 238 Å². The van der Waals surface area contributed by atoms with Crippen LogP contribution in [0.25, 0.3) is 0 Å². The molecule has 0 bridgehead atoms. The lowest BCUT2D eigenvalue weighted by Gasteiger charge is -2.34. The molecule has 0 aromatic heterocycles. The van der Waals surface area contributed by atoms with Crippen molar-refractivity contribution in [1.29, 1.82) is 5.41 Å². The Morgan fingerprint density at radius 3 is 1.93 bits per heavy atom. The predicted molar refractivity (Wildman–Crippen MR) is 158 cm³/mol. The number of unbranched alkanes of at least 4 members (excludes halogenated alkanes) is 1. The molecule has 0 saturated heterocycles. The molecule has 0 heterocycles. The van der Waals surface area contributed by atoms with Gasteiger partial charge in [0.05, 0.1) is 5.56 Å². The van der Waals surface area contributed by atoms with E-state index in [1.807, 2.05) is 41.5 Å². The summed E-state index contributed by atoms with van der Waals surface area (Å²) in [6, 6.07) is 11.8. The van der Waals surface area contributed by atoms with Crippen molar-refractivity contribution < 1.29 is 23.8 Å². The Morgan fingerprint density at radius 2 is 1.45 bits per heavy atom. The molecule has 0 aliphatic carbocycles. The van der Waals surface area contributed by atoms with Gasteiger partial charge in [0.1, 0.15) is 23.1 Å². The van der Waals surface area contributed by atoms with Crippen LogP contribution in [-0.2, 0) is 4.79 Å². The van der Waals surface area contributed by atoms with E-state index in [0.717, 1.165) is 12.8 Å². The first-order valence-electron chi connectivity index (χ1n) is 14.1. The average molecular weight is 555 g/mol. The van der Waals surface area contributed by atoms with Gasteiger partial charge in [0, 0.05) is 30.1 Å². The third kappa shape index (κ3) is 8.13. The van der Waals surface area contributed by atoms with Crippen molar-refractivity contribution in [3.05, 3.63) is 53.6 Å². The summed E-state index contributed by atoms with van der Waals surface area (Å²) in [5, 5.41) is 7.59. The third-order valence-corrected chi connectivity index (χ3v) is 6.92. The number of benzene rings is 2. The minimum absolute atomic E-state index is 0.0211. The average Bonchev–Trinajstić information content (AvgIpc) is 2.90. The van der Waals surface area contributed by atoms with E-state index >= 15 is 0 Å². The molecule has 220 valence electrons. The second kappa shape index (κ2) is 14.6. The minimum atomic E-state index is -1.27. The highest BCUT2D eigenvalue weighted by Crippen LogP contribution is 2.33. The molecule has 1 unspecified atom stereocenters. The molecule has 2 aromatic carbocycles. The Hall–Kier alpha value is -3.75. The normalized spacial score (nSPS) is 12.2. The van der Waals surface area contributed by atoms with Crippen molar-refractivity contribution in [3.63, 3.8) is 0 Å². The number of primary amides is 1. The van der Waals surface area contributed by atoms with Crippen molar-refractivity contribution in [1.82, 2.24) is 4.90 Å². The summed E-state index contributed by atoms with van der Waals surface area (Å²) in [5.74, 6) is 0.415. The number of rotatable bonds is 16. The molecule has 0 aliphatic heterocycles. The van der Waals surface area contributed by atoms with Gasteiger partial charge in [-0.2, -0.15) is 0 Å². The van der Waals surface area contributed by atoms with Gasteiger partial charge in [-0.15, -0.1) is 0 Å². The zero-order valence-electron chi connectivity index (χ0n) is 25.0. The summed E-state index contributed by atoms with van der Waals surface area (Å²) >= 11 is 0. The van der Waals surface area contributed by atoms with Crippen LogP contribution in [0.15, 0.2) is 42.5 Å². The van der Waals surface area contributed by atoms with Crippen LogP contribution in [0.5, 0.6) is 17.2 Å². The number of nitrogen functional groups attached to an aromatic ring is 1. The quantitative estimate of drug-likeness (QED) is 0.140. The van der Waals surface area contributed by atoms with Crippen LogP contribution in [0.4, 0.5) is 0 Å². The van der Waals surface area contributed by atoms with Crippen LogP contribution >= 0.6 is 0 Å². The maximum Gasteiger partial charge on any atom is 0.261 e. The molecule has 0 fully saturated rings. The molecule has 0 spiro atoms. The fourth-order valence-corrected chi connectivity index (χ4v) is 4.57. The molecule has 0 aliphatic rings. The summed E-state index contributed by atoms with van der Waals surface area (Å²) in [7, 11) is 0. The molecule has 0 radical (unpaired) electrons. The predicted octanol–water partition coefficient (Wildman–Crippen LogP) is 5.63. The van der Waals surface area contributed by atoms with E-state index in [9.17, 15) is 9.59 Å². The van der Waals surface area contributed by atoms with E-state index in [4.69, 9.17) is 31.1 Å². The van der Waals surface area contributed by atoms with Crippen molar-refractivity contribution in [3.8, 4) is 17.2 Å². The van der Waals surface area contributed by atoms with Crippen LogP contribution in [0, 0.1) is 5.41 Å². The summed E-state index contributed by atoms with van der Waals surface area (Å²) in [6.45, 7) is 13.6. The van der Waals surface area contributed by atoms with E-state index < -0.39 is 17.8 Å². The second-order valence-corrected chi connectivity index (χ2v) is 10.5. The Balaban J connectivity index is 2.50. The van der Waals surface area contributed by atoms with E-state index in [0.29, 0.717) is 41.9 Å². The number of nitrogens with zero attached hydrogens (tertiary/aromatic N) is 1. The molecule has 2 amide bonds. The lowest BCUT2D eigenvalue weighted by molar-refractivity contribution is -0.134. The number of carbonyl (C=O) groups is 2. The molecule has 9 nitrogen and oxygen atoms in total. The van der Waals surface area contributed by atoms with E-state index in [1.54, 1.807) is 47.4 Å². The van der Waals surface area contributed by atoms with Gasteiger partial charge in [0.25, 0.3) is 11.8 Å². The highest BCUT2D eigenvalue weighted by Gasteiger charge is 2.37. The topological polar surface area (TPSA) is 141 Å². The van der Waals surface area contributed by atoms with Crippen molar-refractivity contribution in [2.45, 2.75) is 105 Å². The third-order valence-electron chi connectivity index (χ3n) is 6.92. The molecule has 2 aromatic rings. The number of amides is 2. The monoisotopic (exact) mass is 554 g/mol. The summed E-state index contributed by atoms with van der Waals surface area (Å²) in [4.78, 5) is 28.0. The number of nitrogens with two attached hydrogens (primary N) is 2. The van der Waals surface area contributed by atoms with Crippen molar-refractivity contribution in [2.24, 2.45) is 11.5 Å². The molecule has 0 saturated carbocycles. The lowest BCUT2D eigenvalue weighted by atomic mass is 9.96. The zero-order valence-corrected chi connectivity index (χ0v) is 25.0. The number of nitrogens with one attached hydrogen (secondary N) is 1. The number of carbonyl (C=O) groups excluding carboxylic acids is 2. The van der Waals surface area contributed by atoms with Crippen molar-refractivity contribution in [2.75, 3.05) is 0 Å². The summed E-state index contributed by atoms with van der Waals surface area (Å²) < 4.78 is 18.7. The zero-order chi connectivity index (χ0) is 30.0. The maximum absolute atomic E-state index is 13.7. The summed E-state index contributed by atoms with van der Waals surface area (Å²) in [6.07, 6.45) is 2.49. The standard InChI is InChI=1S/C31H46N4O5/c1-8-11-12-27(38-23-15-13-22(14-16-23)28(32)33)39-24-17-18-25(29(36)35(20(4)5)21(6)7)26(19-24)40-31(9-2,10-3)30(34)37/h13-21,27H,8-12H2,1-7H3,(H3,32,33)(H2,34,37). The smallest absolute Gasteiger partial charge is 0.261 e. The number of amidine groups is 1. The highest BCUT2D eigenvalue weighted by molar-refractivity contribution is 5.98. The first kappa shape index (κ1) is 32.5. The summed E-state index contributed by atoms with van der Waals surface area (Å²) in [5.41, 5.74) is 11.0. The van der Waals surface area contributed by atoms with Crippen LogP contribution in [0.3, 0.4) is 0 Å². The molecule has 40 heavy (non-hydrogen) atoms. The van der Waals surface area contributed by atoms with Gasteiger partial charge in [-0.1, -0.05) is 27.2 Å². The minimum Gasteiger partial charge on any atom is -0.476 e. The molecule has 5 N–H and O–H groups in total. The van der Waals surface area contributed by atoms with Gasteiger partial charge in [-0.25, -0.2) is 0 Å². The molecule has 9 heteroatoms. The fraction of sp³-hybridized carbons (Fsp3) is 0.516. The lowest BCUT2D eigenvalue weighted by Crippen LogP contribution is -2.48. The number of ether oxygens (including phenoxy) is 3. The first-order valence-corrected chi connectivity index (χ1v) is 14.1. The number of hydrogen-bond acceptors (Lipinski definition) is 6. The maximum atomic E-state index is 13.7.